The van der Waals surface area contributed by atoms with Crippen LogP contribution in [-0.2, 0) is 20.1 Å². The molecule has 0 spiro atoms. The second-order valence-corrected chi connectivity index (χ2v) is 2.57. The Bertz CT molecular complexity index is 199. The lowest BCUT2D eigenvalue weighted by atomic mass is 10.7. The van der Waals surface area contributed by atoms with Gasteiger partial charge in [-0.05, 0) is 0 Å². The molecule has 6 nitrogen and oxygen atoms in total. The molecule has 0 aromatic heterocycles. The predicted molar refractivity (Wildman–Crippen MR) is 40.8 cm³/mol. The summed E-state index contributed by atoms with van der Waals surface area (Å²) in [4.78, 5) is 13.9. The van der Waals surface area contributed by atoms with Crippen molar-refractivity contribution < 1.29 is 13.2 Å². The maximum atomic E-state index is 10.5. The van der Waals surface area contributed by atoms with Crippen molar-refractivity contribution in [2.45, 2.75) is 0 Å². The van der Waals surface area contributed by atoms with E-state index in [1.165, 1.54) is 6.26 Å². The Kier molecular flexibility index (Phi) is 4.20. The van der Waals surface area contributed by atoms with Crippen LogP contribution in [0.1, 0.15) is 0 Å². The van der Waals surface area contributed by atoms with Gasteiger partial charge in [0.15, 0.2) is 5.96 Å². The number of guanidine groups is 1. The molecule has 4 N–H and O–H groups in total. The van der Waals surface area contributed by atoms with E-state index in [0.29, 0.717) is 0 Å². The summed E-state index contributed by atoms with van der Waals surface area (Å²) in [5, 5.41) is 0. The summed E-state index contributed by atoms with van der Waals surface area (Å²) in [5.74, 6) is -0.928. The third-order valence-electron chi connectivity index (χ3n) is 0.601. The van der Waals surface area contributed by atoms with E-state index in [9.17, 15) is 9.00 Å². The van der Waals surface area contributed by atoms with Crippen LogP contribution in [-0.4, -0.2) is 28.9 Å². The van der Waals surface area contributed by atoms with E-state index < -0.39 is 17.0 Å². The highest BCUT2D eigenvalue weighted by Gasteiger charge is 2.02. The fraction of sp³-hybridized carbons (Fsp3) is 0.500. The zero-order chi connectivity index (χ0) is 8.85. The number of nitrogens with zero attached hydrogens (tertiary/aromatic N) is 1. The molecular weight excluding hydrogens is 170 g/mol. The minimum Gasteiger partial charge on any atom is -0.370 e. The van der Waals surface area contributed by atoms with E-state index in [0.717, 1.165) is 0 Å². The highest BCUT2D eigenvalue weighted by Crippen LogP contribution is 1.82. The second-order valence-electron chi connectivity index (χ2n) is 1.60. The van der Waals surface area contributed by atoms with Crippen molar-refractivity contribution >= 4 is 23.0 Å². The van der Waals surface area contributed by atoms with Crippen LogP contribution in [0.5, 0.6) is 0 Å². The lowest BCUT2D eigenvalue weighted by Crippen LogP contribution is -2.24. The molecule has 7 heteroatoms. The number of carbonyl (C=O) groups is 1. The third-order valence-corrected chi connectivity index (χ3v) is 1.02. The molecule has 0 saturated heterocycles. The number of nitrogens with two attached hydrogens (primary N) is 2. The highest BCUT2D eigenvalue weighted by molar-refractivity contribution is 7.79. The van der Waals surface area contributed by atoms with E-state index in [4.69, 9.17) is 11.5 Å². The molecule has 0 aliphatic rings. The molecule has 0 amide bonds. The van der Waals surface area contributed by atoms with Gasteiger partial charge in [0.2, 0.25) is 11.1 Å². The van der Waals surface area contributed by atoms with Gasteiger partial charge in [-0.15, -0.1) is 0 Å². The number of carbonyl (C=O) groups excluding carboxylic acids is 1. The van der Waals surface area contributed by atoms with Crippen LogP contribution in [0.15, 0.2) is 4.99 Å². The second kappa shape index (κ2) is 4.67. The molecule has 0 aromatic carbocycles. The van der Waals surface area contributed by atoms with Gasteiger partial charge in [0.05, 0.1) is 0 Å². The maximum absolute atomic E-state index is 10.5. The zero-order valence-corrected chi connectivity index (χ0v) is 6.76. The molecule has 0 fully saturated rings. The molecule has 1 unspecified atom stereocenters. The van der Waals surface area contributed by atoms with Crippen molar-refractivity contribution in [3.8, 4) is 0 Å². The highest BCUT2D eigenvalue weighted by atomic mass is 32.2. The monoisotopic (exact) mass is 179 g/mol. The van der Waals surface area contributed by atoms with E-state index in [-0.39, 0.29) is 12.5 Å². The summed E-state index contributed by atoms with van der Waals surface area (Å²) in [7, 11) is 0. The molecule has 0 bridgehead atoms. The van der Waals surface area contributed by atoms with Crippen LogP contribution in [0.4, 0.5) is 0 Å². The molecule has 0 rings (SSSR count). The lowest BCUT2D eigenvalue weighted by molar-refractivity contribution is -0.131. The van der Waals surface area contributed by atoms with E-state index in [2.05, 4.69) is 9.18 Å². The summed E-state index contributed by atoms with van der Waals surface area (Å²) in [5.41, 5.74) is 9.83. The van der Waals surface area contributed by atoms with Crippen LogP contribution in [0.2, 0.25) is 0 Å². The molecule has 0 aromatic rings. The third kappa shape index (κ3) is 6.78. The van der Waals surface area contributed by atoms with Gasteiger partial charge >= 0.3 is 5.97 Å². The first-order valence-corrected chi connectivity index (χ1v) is 4.10. The van der Waals surface area contributed by atoms with Crippen molar-refractivity contribution in [2.24, 2.45) is 16.5 Å². The maximum Gasteiger partial charge on any atom is 0.341 e. The van der Waals surface area contributed by atoms with Crippen LogP contribution in [0.25, 0.3) is 0 Å². The number of aliphatic imine (C=N–C) groups is 1. The number of hydrogen-bond donors (Lipinski definition) is 2. The first-order valence-electron chi connectivity index (χ1n) is 2.62. The SMILES string of the molecule is CS(=O)OC(=O)CN=C(N)N. The van der Waals surface area contributed by atoms with E-state index in [1.807, 2.05) is 0 Å². The molecule has 0 saturated carbocycles. The molecule has 11 heavy (non-hydrogen) atoms. The minimum absolute atomic E-state index is 0.205. The molecular formula is C4H9N3O3S. The Morgan fingerprint density at radius 2 is 2.18 bits per heavy atom. The standard InChI is InChI=1S/C4H9N3O3S/c1-11(9)10-3(8)2-7-4(5)6/h2H2,1H3,(H4,5,6,7). The first-order chi connectivity index (χ1) is 5.02. The van der Waals surface area contributed by atoms with E-state index in [1.54, 1.807) is 0 Å². The minimum atomic E-state index is -1.61. The predicted octanol–water partition coefficient (Wildman–Crippen LogP) is -1.90. The van der Waals surface area contributed by atoms with Crippen molar-refractivity contribution in [3.63, 3.8) is 0 Å². The first kappa shape index (κ1) is 9.89. The largest absolute Gasteiger partial charge is 0.370 e. The average molecular weight is 179 g/mol. The molecule has 1 atom stereocenters. The van der Waals surface area contributed by atoms with Crippen molar-refractivity contribution in [3.05, 3.63) is 0 Å². The van der Waals surface area contributed by atoms with E-state index >= 15 is 0 Å². The molecule has 0 radical (unpaired) electrons. The Morgan fingerprint density at radius 1 is 1.64 bits per heavy atom. The van der Waals surface area contributed by atoms with Gasteiger partial charge in [0.25, 0.3) is 0 Å². The summed E-state index contributed by atoms with van der Waals surface area (Å²) in [6.07, 6.45) is 1.23. The fourth-order valence-electron chi connectivity index (χ4n) is 0.313. The molecule has 64 valence electrons. The smallest absolute Gasteiger partial charge is 0.341 e. The topological polar surface area (TPSA) is 108 Å². The number of rotatable bonds is 3. The fourth-order valence-corrected chi connectivity index (χ4v) is 0.628. The van der Waals surface area contributed by atoms with Crippen molar-refractivity contribution in [1.82, 2.24) is 0 Å². The summed E-state index contributed by atoms with van der Waals surface area (Å²) >= 11 is -1.61. The molecule has 0 aliphatic heterocycles. The lowest BCUT2D eigenvalue weighted by Gasteiger charge is -1.95. The normalized spacial score (nSPS) is 11.7. The van der Waals surface area contributed by atoms with Crippen molar-refractivity contribution in [2.75, 3.05) is 12.8 Å². The average Bonchev–Trinajstić information content (AvgIpc) is 1.82. The van der Waals surface area contributed by atoms with Gasteiger partial charge in [-0.2, -0.15) is 0 Å². The van der Waals surface area contributed by atoms with Gasteiger partial charge in [-0.3, -0.25) is 0 Å². The Labute approximate surface area is 66.3 Å². The Morgan fingerprint density at radius 3 is 2.55 bits per heavy atom. The summed E-state index contributed by atoms with van der Waals surface area (Å²) in [6.45, 7) is -0.304. The van der Waals surface area contributed by atoms with Gasteiger partial charge in [0, 0.05) is 6.26 Å². The van der Waals surface area contributed by atoms with Crippen molar-refractivity contribution in [1.29, 1.82) is 0 Å². The molecule has 0 heterocycles. The van der Waals surface area contributed by atoms with Gasteiger partial charge in [0.1, 0.15) is 6.54 Å². The zero-order valence-electron chi connectivity index (χ0n) is 5.94. The van der Waals surface area contributed by atoms with Gasteiger partial charge < -0.3 is 15.7 Å². The van der Waals surface area contributed by atoms with Crippen LogP contribution in [0.3, 0.4) is 0 Å². The number of hydrogen-bond acceptors (Lipinski definition) is 4. The van der Waals surface area contributed by atoms with Gasteiger partial charge in [-0.1, -0.05) is 0 Å². The van der Waals surface area contributed by atoms with Crippen LogP contribution < -0.4 is 11.5 Å². The van der Waals surface area contributed by atoms with Crippen LogP contribution in [0, 0.1) is 0 Å². The molecule has 0 aliphatic carbocycles. The summed E-state index contributed by atoms with van der Waals surface area (Å²) in [6, 6.07) is 0. The Balaban J connectivity index is 3.71. The summed E-state index contributed by atoms with van der Waals surface area (Å²) < 4.78 is 14.5. The quantitative estimate of drug-likeness (QED) is 0.388. The van der Waals surface area contributed by atoms with Gasteiger partial charge in [-0.25, -0.2) is 14.0 Å². The Hall–Kier alpha value is -1.11. The van der Waals surface area contributed by atoms with Crippen LogP contribution >= 0.6 is 0 Å².